The summed E-state index contributed by atoms with van der Waals surface area (Å²) in [5.41, 5.74) is 1.02. The first-order chi connectivity index (χ1) is 7.77. The number of hydrogen-bond acceptors (Lipinski definition) is 3. The summed E-state index contributed by atoms with van der Waals surface area (Å²) >= 11 is 0. The van der Waals surface area contributed by atoms with Crippen molar-refractivity contribution in [3.05, 3.63) is 29.6 Å². The monoisotopic (exact) mass is 222 g/mol. The number of hydrogen-bond donors (Lipinski definition) is 1. The first-order valence-corrected chi connectivity index (χ1v) is 5.20. The third kappa shape index (κ3) is 3.87. The van der Waals surface area contributed by atoms with Gasteiger partial charge < -0.3 is 10.1 Å². The molecule has 0 aliphatic carbocycles. The molecule has 0 atom stereocenters. The molecule has 4 heteroatoms. The number of methoxy groups -OCH3 is 1. The van der Waals surface area contributed by atoms with E-state index in [1.807, 2.05) is 6.07 Å². The summed E-state index contributed by atoms with van der Waals surface area (Å²) in [6.07, 6.45) is 1.92. The average Bonchev–Trinajstić information content (AvgIpc) is 2.30. The molecular weight excluding hydrogens is 207 g/mol. The normalized spacial score (nSPS) is 9.81. The van der Waals surface area contributed by atoms with Crippen LogP contribution in [-0.2, 0) is 4.74 Å². The maximum absolute atomic E-state index is 12.8. The van der Waals surface area contributed by atoms with Crippen LogP contribution < -0.4 is 5.32 Å². The van der Waals surface area contributed by atoms with E-state index in [-0.39, 0.29) is 5.82 Å². The highest BCUT2D eigenvalue weighted by Gasteiger charge is 2.02. The Bertz CT molecular complexity index is 374. The Kier molecular flexibility index (Phi) is 5.30. The van der Waals surface area contributed by atoms with Gasteiger partial charge in [-0.05, 0) is 31.0 Å². The highest BCUT2D eigenvalue weighted by Crippen LogP contribution is 2.15. The molecule has 0 aliphatic heterocycles. The molecule has 86 valence electrons. The highest BCUT2D eigenvalue weighted by atomic mass is 19.1. The molecule has 0 radical (unpaired) electrons. The first kappa shape index (κ1) is 12.5. The standard InChI is InChI=1S/C12H15FN2O/c1-16-7-3-2-6-15-12-5-4-11(13)8-10(12)9-14/h4-5,8,15H,2-3,6-7H2,1H3. The van der Waals surface area contributed by atoms with Gasteiger partial charge in [-0.2, -0.15) is 5.26 Å². The molecular formula is C12H15FN2O. The molecule has 0 aliphatic rings. The minimum Gasteiger partial charge on any atom is -0.385 e. The number of nitrogens with zero attached hydrogens (tertiary/aromatic N) is 1. The molecule has 0 heterocycles. The zero-order valence-corrected chi connectivity index (χ0v) is 9.29. The second-order valence-corrected chi connectivity index (χ2v) is 3.43. The van der Waals surface area contributed by atoms with Crippen molar-refractivity contribution >= 4 is 5.69 Å². The van der Waals surface area contributed by atoms with Gasteiger partial charge in [0, 0.05) is 20.3 Å². The fourth-order valence-electron chi connectivity index (χ4n) is 1.36. The van der Waals surface area contributed by atoms with Crippen molar-refractivity contribution < 1.29 is 9.13 Å². The van der Waals surface area contributed by atoms with Gasteiger partial charge in [-0.15, -0.1) is 0 Å². The minimum absolute atomic E-state index is 0.340. The molecule has 1 N–H and O–H groups in total. The largest absolute Gasteiger partial charge is 0.385 e. The number of benzene rings is 1. The summed E-state index contributed by atoms with van der Waals surface area (Å²) < 4.78 is 17.8. The number of nitriles is 1. The Morgan fingerprint density at radius 3 is 2.94 bits per heavy atom. The molecule has 0 unspecified atom stereocenters. The van der Waals surface area contributed by atoms with E-state index in [1.54, 1.807) is 13.2 Å². The number of nitrogens with one attached hydrogen (secondary N) is 1. The summed E-state index contributed by atoms with van der Waals surface area (Å²) in [6.45, 7) is 1.49. The molecule has 0 spiro atoms. The fourth-order valence-corrected chi connectivity index (χ4v) is 1.36. The number of unbranched alkanes of at least 4 members (excludes halogenated alkanes) is 1. The van der Waals surface area contributed by atoms with Crippen LogP contribution in [0.5, 0.6) is 0 Å². The lowest BCUT2D eigenvalue weighted by Crippen LogP contribution is -2.04. The van der Waals surface area contributed by atoms with Crippen molar-refractivity contribution in [3.63, 3.8) is 0 Å². The molecule has 1 aromatic rings. The van der Waals surface area contributed by atoms with Crippen LogP contribution in [-0.4, -0.2) is 20.3 Å². The van der Waals surface area contributed by atoms with Crippen LogP contribution in [0, 0.1) is 17.1 Å². The van der Waals surface area contributed by atoms with Gasteiger partial charge in [-0.1, -0.05) is 0 Å². The van der Waals surface area contributed by atoms with E-state index >= 15 is 0 Å². The van der Waals surface area contributed by atoms with Gasteiger partial charge in [-0.3, -0.25) is 0 Å². The number of ether oxygens (including phenoxy) is 1. The SMILES string of the molecule is COCCCCNc1ccc(F)cc1C#N. The summed E-state index contributed by atoms with van der Waals surface area (Å²) in [5, 5.41) is 11.9. The molecule has 0 fully saturated rings. The van der Waals surface area contributed by atoms with Crippen LogP contribution >= 0.6 is 0 Å². The van der Waals surface area contributed by atoms with E-state index in [1.165, 1.54) is 12.1 Å². The molecule has 1 aromatic carbocycles. The van der Waals surface area contributed by atoms with Crippen molar-refractivity contribution in [2.45, 2.75) is 12.8 Å². The summed E-state index contributed by atoms with van der Waals surface area (Å²) in [6, 6.07) is 6.13. The van der Waals surface area contributed by atoms with Gasteiger partial charge in [-0.25, -0.2) is 4.39 Å². The third-order valence-electron chi connectivity index (χ3n) is 2.19. The Hall–Kier alpha value is -1.60. The van der Waals surface area contributed by atoms with Crippen LogP contribution in [0.3, 0.4) is 0 Å². The summed E-state index contributed by atoms with van der Waals surface area (Å²) in [5.74, 6) is -0.388. The molecule has 1 rings (SSSR count). The predicted octanol–water partition coefficient (Wildman–Crippen LogP) is 2.54. The van der Waals surface area contributed by atoms with Crippen molar-refractivity contribution in [2.75, 3.05) is 25.6 Å². The van der Waals surface area contributed by atoms with Crippen LogP contribution in [0.2, 0.25) is 0 Å². The Morgan fingerprint density at radius 1 is 1.44 bits per heavy atom. The van der Waals surface area contributed by atoms with E-state index in [2.05, 4.69) is 5.32 Å². The zero-order chi connectivity index (χ0) is 11.8. The van der Waals surface area contributed by atoms with Crippen LogP contribution in [0.4, 0.5) is 10.1 Å². The van der Waals surface area contributed by atoms with E-state index < -0.39 is 0 Å². The van der Waals surface area contributed by atoms with Crippen molar-refractivity contribution in [1.29, 1.82) is 5.26 Å². The van der Waals surface area contributed by atoms with Crippen LogP contribution in [0.1, 0.15) is 18.4 Å². The molecule has 0 saturated carbocycles. The first-order valence-electron chi connectivity index (χ1n) is 5.20. The Morgan fingerprint density at radius 2 is 2.25 bits per heavy atom. The Balaban J connectivity index is 2.45. The average molecular weight is 222 g/mol. The van der Waals surface area contributed by atoms with Crippen LogP contribution in [0.15, 0.2) is 18.2 Å². The maximum atomic E-state index is 12.8. The fraction of sp³-hybridized carbons (Fsp3) is 0.417. The lowest BCUT2D eigenvalue weighted by atomic mass is 10.2. The second-order valence-electron chi connectivity index (χ2n) is 3.43. The Labute approximate surface area is 94.8 Å². The van der Waals surface area contributed by atoms with Gasteiger partial charge >= 0.3 is 0 Å². The lowest BCUT2D eigenvalue weighted by Gasteiger charge is -2.07. The van der Waals surface area contributed by atoms with Crippen molar-refractivity contribution in [3.8, 4) is 6.07 Å². The topological polar surface area (TPSA) is 45.0 Å². The quantitative estimate of drug-likeness (QED) is 0.752. The molecule has 0 bridgehead atoms. The van der Waals surface area contributed by atoms with Crippen molar-refractivity contribution in [2.24, 2.45) is 0 Å². The number of rotatable bonds is 6. The number of anilines is 1. The number of halogens is 1. The molecule has 0 aromatic heterocycles. The van der Waals surface area contributed by atoms with Gasteiger partial charge in [0.05, 0.1) is 11.3 Å². The summed E-state index contributed by atoms with van der Waals surface area (Å²) in [7, 11) is 1.67. The van der Waals surface area contributed by atoms with Crippen LogP contribution in [0.25, 0.3) is 0 Å². The minimum atomic E-state index is -0.388. The van der Waals surface area contributed by atoms with Crippen molar-refractivity contribution in [1.82, 2.24) is 0 Å². The van der Waals surface area contributed by atoms with E-state index in [9.17, 15) is 4.39 Å². The smallest absolute Gasteiger partial charge is 0.124 e. The van der Waals surface area contributed by atoms with Gasteiger partial charge in [0.1, 0.15) is 11.9 Å². The molecule has 0 amide bonds. The maximum Gasteiger partial charge on any atom is 0.124 e. The zero-order valence-electron chi connectivity index (χ0n) is 9.29. The van der Waals surface area contributed by atoms with E-state index in [0.29, 0.717) is 11.3 Å². The summed E-state index contributed by atoms with van der Waals surface area (Å²) in [4.78, 5) is 0. The van der Waals surface area contributed by atoms with Gasteiger partial charge in [0.25, 0.3) is 0 Å². The van der Waals surface area contributed by atoms with E-state index in [0.717, 1.165) is 26.0 Å². The van der Waals surface area contributed by atoms with E-state index in [4.69, 9.17) is 10.00 Å². The van der Waals surface area contributed by atoms with Gasteiger partial charge in [0.2, 0.25) is 0 Å². The molecule has 16 heavy (non-hydrogen) atoms. The highest BCUT2D eigenvalue weighted by molar-refractivity contribution is 5.57. The third-order valence-corrected chi connectivity index (χ3v) is 2.19. The lowest BCUT2D eigenvalue weighted by molar-refractivity contribution is 0.194. The second kappa shape index (κ2) is 6.81. The predicted molar refractivity (Wildman–Crippen MR) is 60.7 cm³/mol. The molecule has 0 saturated heterocycles. The molecule has 3 nitrogen and oxygen atoms in total. The van der Waals surface area contributed by atoms with Gasteiger partial charge in [0.15, 0.2) is 0 Å².